The van der Waals surface area contributed by atoms with Gasteiger partial charge in [-0.25, -0.2) is 8.42 Å². The number of hydrogen-bond acceptors (Lipinski definition) is 4. The Morgan fingerprint density at radius 1 is 1.14 bits per heavy atom. The van der Waals surface area contributed by atoms with Gasteiger partial charge in [-0.2, -0.15) is 0 Å². The van der Waals surface area contributed by atoms with Crippen LogP contribution >= 0.6 is 0 Å². The fraction of sp³-hybridized carbons (Fsp3) is 0.333. The molecule has 28 heavy (non-hydrogen) atoms. The maximum absolute atomic E-state index is 13.0. The lowest BCUT2D eigenvalue weighted by molar-refractivity contribution is -0.909. The Balaban J connectivity index is 1.61. The normalized spacial score (nSPS) is 22.4. The van der Waals surface area contributed by atoms with Gasteiger partial charge in [0.15, 0.2) is 5.78 Å². The Kier molecular flexibility index (Phi) is 4.81. The van der Waals surface area contributed by atoms with Crippen molar-refractivity contribution in [2.75, 3.05) is 19.6 Å². The average molecular weight is 399 g/mol. The predicted octanol–water partition coefficient (Wildman–Crippen LogP) is 0.861. The zero-order valence-corrected chi connectivity index (χ0v) is 16.5. The van der Waals surface area contributed by atoms with Crippen molar-refractivity contribution in [3.63, 3.8) is 0 Å². The van der Waals surface area contributed by atoms with Crippen LogP contribution in [0.25, 0.3) is 0 Å². The summed E-state index contributed by atoms with van der Waals surface area (Å²) in [6.07, 6.45) is 2.23. The average Bonchev–Trinajstić information content (AvgIpc) is 3.18. The Bertz CT molecular complexity index is 1060. The quantitative estimate of drug-likeness (QED) is 0.682. The van der Waals surface area contributed by atoms with E-state index in [0.29, 0.717) is 12.6 Å². The van der Waals surface area contributed by atoms with Gasteiger partial charge in [0, 0.05) is 29.5 Å². The number of quaternary nitrogens is 1. The Labute approximate surface area is 164 Å². The van der Waals surface area contributed by atoms with Gasteiger partial charge in [0.1, 0.15) is 6.04 Å². The lowest BCUT2D eigenvalue weighted by atomic mass is 10.0. The molecule has 2 N–H and O–H groups in total. The minimum atomic E-state index is -3.84. The Morgan fingerprint density at radius 3 is 2.68 bits per heavy atom. The third-order valence-corrected chi connectivity index (χ3v) is 7.64. The van der Waals surface area contributed by atoms with Crippen molar-refractivity contribution in [3.05, 3.63) is 59.2 Å². The molecule has 0 radical (unpaired) electrons. The summed E-state index contributed by atoms with van der Waals surface area (Å²) >= 11 is 0. The molecule has 2 atom stereocenters. The Hall–Kier alpha value is -2.51. The molecule has 0 bridgehead atoms. The fourth-order valence-electron chi connectivity index (χ4n) is 4.24. The third-order valence-electron chi connectivity index (χ3n) is 5.79. The molecule has 0 spiro atoms. The molecule has 7 heteroatoms. The topological polar surface area (TPSA) is 84.8 Å². The molecule has 6 nitrogen and oxygen atoms in total. The maximum atomic E-state index is 13.0. The maximum Gasteiger partial charge on any atom is 0.251 e. The molecule has 0 aliphatic carbocycles. The summed E-state index contributed by atoms with van der Waals surface area (Å²) in [6, 6.07) is 10.9. The van der Waals surface area contributed by atoms with Crippen LogP contribution < -0.4 is 10.2 Å². The second kappa shape index (κ2) is 7.14. The van der Waals surface area contributed by atoms with E-state index in [1.807, 2.05) is 0 Å². The number of sulfone groups is 1. The SMILES string of the molecule is CC[NH+]1CCC[C@@H]1CNC(=O)c1ccc2c(c1)S(=O)(=O)c1ccccc1C2=O. The monoisotopic (exact) mass is 399 g/mol. The second-order valence-electron chi connectivity index (χ2n) is 7.35. The van der Waals surface area contributed by atoms with Crippen molar-refractivity contribution in [2.24, 2.45) is 0 Å². The number of fused-ring (bicyclic) bond motifs is 2. The van der Waals surface area contributed by atoms with E-state index in [1.54, 1.807) is 12.1 Å². The van der Waals surface area contributed by atoms with Gasteiger partial charge >= 0.3 is 0 Å². The van der Waals surface area contributed by atoms with E-state index < -0.39 is 9.84 Å². The van der Waals surface area contributed by atoms with E-state index in [9.17, 15) is 18.0 Å². The number of ketones is 1. The zero-order chi connectivity index (χ0) is 19.9. The summed E-state index contributed by atoms with van der Waals surface area (Å²) in [5, 5.41) is 2.93. The fourth-order valence-corrected chi connectivity index (χ4v) is 5.92. The van der Waals surface area contributed by atoms with Gasteiger partial charge in [-0.15, -0.1) is 0 Å². The molecular weight excluding hydrogens is 376 g/mol. The van der Waals surface area contributed by atoms with E-state index in [4.69, 9.17) is 0 Å². The van der Waals surface area contributed by atoms with Gasteiger partial charge in [0.2, 0.25) is 9.84 Å². The van der Waals surface area contributed by atoms with Crippen LogP contribution in [0.1, 0.15) is 46.0 Å². The van der Waals surface area contributed by atoms with Crippen LogP contribution in [0.3, 0.4) is 0 Å². The van der Waals surface area contributed by atoms with E-state index in [2.05, 4.69) is 12.2 Å². The van der Waals surface area contributed by atoms with Crippen molar-refractivity contribution < 1.29 is 22.9 Å². The summed E-state index contributed by atoms with van der Waals surface area (Å²) in [5.41, 5.74) is 0.550. The van der Waals surface area contributed by atoms with Gasteiger partial charge in [0.25, 0.3) is 5.91 Å². The number of carbonyl (C=O) groups is 2. The minimum absolute atomic E-state index is 0.00167. The number of amides is 1. The number of carbonyl (C=O) groups excluding carboxylic acids is 2. The van der Waals surface area contributed by atoms with Gasteiger partial charge < -0.3 is 10.2 Å². The summed E-state index contributed by atoms with van der Waals surface area (Å²) in [6.45, 7) is 4.85. The molecule has 2 aromatic rings. The smallest absolute Gasteiger partial charge is 0.251 e. The Morgan fingerprint density at radius 2 is 1.89 bits per heavy atom. The lowest BCUT2D eigenvalue weighted by Gasteiger charge is -2.21. The lowest BCUT2D eigenvalue weighted by Crippen LogP contribution is -3.14. The van der Waals surface area contributed by atoms with Crippen LogP contribution in [-0.2, 0) is 9.84 Å². The minimum Gasteiger partial charge on any atom is -0.346 e. The summed E-state index contributed by atoms with van der Waals surface area (Å²) in [4.78, 5) is 26.7. The van der Waals surface area contributed by atoms with Crippen molar-refractivity contribution in [3.8, 4) is 0 Å². The van der Waals surface area contributed by atoms with Gasteiger partial charge in [-0.1, -0.05) is 12.1 Å². The molecule has 2 aliphatic heterocycles. The molecule has 4 rings (SSSR count). The molecule has 0 aromatic heterocycles. The third kappa shape index (κ3) is 3.04. The highest BCUT2D eigenvalue weighted by molar-refractivity contribution is 7.91. The number of nitrogens with one attached hydrogen (secondary N) is 2. The molecule has 1 unspecified atom stereocenters. The van der Waals surface area contributed by atoms with Crippen LogP contribution in [0.15, 0.2) is 52.3 Å². The van der Waals surface area contributed by atoms with Gasteiger partial charge in [-0.05, 0) is 37.3 Å². The van der Waals surface area contributed by atoms with Crippen molar-refractivity contribution in [2.45, 2.75) is 35.6 Å². The van der Waals surface area contributed by atoms with E-state index in [1.165, 1.54) is 35.2 Å². The number of rotatable bonds is 4. The molecule has 1 fully saturated rings. The molecule has 146 valence electrons. The van der Waals surface area contributed by atoms with Gasteiger partial charge in [-0.3, -0.25) is 9.59 Å². The highest BCUT2D eigenvalue weighted by atomic mass is 32.2. The summed E-state index contributed by atoms with van der Waals surface area (Å²) in [7, 11) is -3.84. The number of likely N-dealkylation sites (N-methyl/N-ethyl adjacent to an activating group) is 1. The number of likely N-dealkylation sites (tertiary alicyclic amines) is 1. The molecule has 0 saturated carbocycles. The number of benzene rings is 2. The van der Waals surface area contributed by atoms with Crippen molar-refractivity contribution in [1.82, 2.24) is 5.32 Å². The highest BCUT2D eigenvalue weighted by Crippen LogP contribution is 2.34. The van der Waals surface area contributed by atoms with Crippen LogP contribution in [-0.4, -0.2) is 45.8 Å². The molecule has 1 amide bonds. The molecule has 2 aromatic carbocycles. The highest BCUT2D eigenvalue weighted by Gasteiger charge is 2.35. The first-order valence-corrected chi connectivity index (χ1v) is 11.1. The summed E-state index contributed by atoms with van der Waals surface area (Å²) in [5.74, 6) is -0.646. The number of hydrogen-bond donors (Lipinski definition) is 2. The first-order chi connectivity index (χ1) is 13.4. The first-order valence-electron chi connectivity index (χ1n) is 9.59. The van der Waals surface area contributed by atoms with Crippen LogP contribution in [0.5, 0.6) is 0 Å². The zero-order valence-electron chi connectivity index (χ0n) is 15.7. The van der Waals surface area contributed by atoms with Crippen molar-refractivity contribution in [1.29, 1.82) is 0 Å². The summed E-state index contributed by atoms with van der Waals surface area (Å²) < 4.78 is 26.0. The van der Waals surface area contributed by atoms with Crippen LogP contribution in [0, 0.1) is 0 Å². The van der Waals surface area contributed by atoms with Crippen molar-refractivity contribution >= 4 is 21.5 Å². The van der Waals surface area contributed by atoms with E-state index in [0.717, 1.165) is 25.9 Å². The van der Waals surface area contributed by atoms with E-state index in [-0.39, 0.29) is 38.2 Å². The van der Waals surface area contributed by atoms with Crippen LogP contribution in [0.4, 0.5) is 0 Å². The largest absolute Gasteiger partial charge is 0.346 e. The second-order valence-corrected chi connectivity index (χ2v) is 9.24. The van der Waals surface area contributed by atoms with Gasteiger partial charge in [0.05, 0.1) is 29.4 Å². The molecule has 1 saturated heterocycles. The molecule has 2 heterocycles. The first kappa shape index (κ1) is 18.8. The standard InChI is InChI=1S/C21H22N2O4S/c1-2-23-11-5-6-15(23)13-22-21(25)14-9-10-17-19(12-14)28(26,27)18-8-4-3-7-16(18)20(17)24/h3-4,7-10,12,15H,2,5-6,11,13H2,1H3,(H,22,25)/p+1/t15-/m1/s1. The predicted molar refractivity (Wildman–Crippen MR) is 103 cm³/mol. The molecular formula is C21H23N2O4S+. The van der Waals surface area contributed by atoms with E-state index >= 15 is 0 Å². The molecule has 2 aliphatic rings. The van der Waals surface area contributed by atoms with Crippen LogP contribution in [0.2, 0.25) is 0 Å².